The minimum Gasteiger partial charge on any atom is -0.466 e. The summed E-state index contributed by atoms with van der Waals surface area (Å²) >= 11 is 6.24. The van der Waals surface area contributed by atoms with Gasteiger partial charge in [-0.2, -0.15) is 0 Å². The monoisotopic (exact) mass is 371 g/mol. The molecular weight excluding hydrogens is 350 g/mol. The van der Waals surface area contributed by atoms with Crippen molar-refractivity contribution >= 4 is 23.5 Å². The minimum absolute atomic E-state index is 0.0481. The Balaban J connectivity index is 1.68. The molecular formula is C21H22ClNO3. The van der Waals surface area contributed by atoms with E-state index in [0.717, 1.165) is 17.5 Å². The van der Waals surface area contributed by atoms with Crippen LogP contribution in [0.3, 0.4) is 0 Å². The highest BCUT2D eigenvalue weighted by molar-refractivity contribution is 6.31. The third kappa shape index (κ3) is 4.44. The maximum atomic E-state index is 12.7. The molecule has 0 aromatic heterocycles. The molecule has 1 fully saturated rings. The van der Waals surface area contributed by atoms with Gasteiger partial charge in [0.15, 0.2) is 0 Å². The molecule has 3 rings (SSSR count). The molecule has 2 aromatic rings. The number of rotatable bonds is 7. The van der Waals surface area contributed by atoms with E-state index in [4.69, 9.17) is 16.3 Å². The van der Waals surface area contributed by atoms with Gasteiger partial charge in [0.2, 0.25) is 5.91 Å². The molecule has 1 amide bonds. The molecule has 0 heterocycles. The molecule has 0 radical (unpaired) electrons. The Morgan fingerprint density at radius 3 is 2.54 bits per heavy atom. The van der Waals surface area contributed by atoms with E-state index in [-0.39, 0.29) is 30.1 Å². The summed E-state index contributed by atoms with van der Waals surface area (Å²) in [6, 6.07) is 16.7. The normalized spacial score (nSPS) is 19.5. The van der Waals surface area contributed by atoms with Crippen molar-refractivity contribution in [2.45, 2.75) is 31.7 Å². The summed E-state index contributed by atoms with van der Waals surface area (Å²) < 4.78 is 5.05. The fourth-order valence-corrected chi connectivity index (χ4v) is 3.48. The second kappa shape index (κ2) is 8.37. The summed E-state index contributed by atoms with van der Waals surface area (Å²) in [5, 5.41) is 3.71. The highest BCUT2D eigenvalue weighted by Crippen LogP contribution is 2.49. The Hall–Kier alpha value is -2.33. The lowest BCUT2D eigenvalue weighted by atomic mass is 10.0. The summed E-state index contributed by atoms with van der Waals surface area (Å²) in [7, 11) is 0. The second-order valence-electron chi connectivity index (χ2n) is 6.45. The minimum atomic E-state index is -0.393. The fourth-order valence-electron chi connectivity index (χ4n) is 3.21. The standard InChI is InChI=1S/C21H22ClNO3/c1-2-26-20(24)13-19(14-8-4-3-5-9-14)23-21(25)17-12-16(17)15-10-6-7-11-18(15)22/h3-11,16-17,19H,2,12-13H2,1H3,(H,23,25). The average Bonchev–Trinajstić information content (AvgIpc) is 3.43. The molecule has 0 spiro atoms. The quantitative estimate of drug-likeness (QED) is 0.740. The number of esters is 1. The summed E-state index contributed by atoms with van der Waals surface area (Å²) in [6.07, 6.45) is 0.892. The maximum Gasteiger partial charge on any atom is 0.308 e. The lowest BCUT2D eigenvalue weighted by molar-refractivity contribution is -0.143. The molecule has 3 atom stereocenters. The van der Waals surface area contributed by atoms with Crippen LogP contribution >= 0.6 is 11.6 Å². The number of halogens is 1. The molecule has 26 heavy (non-hydrogen) atoms. The van der Waals surface area contributed by atoms with E-state index < -0.39 is 6.04 Å². The molecule has 4 nitrogen and oxygen atoms in total. The van der Waals surface area contributed by atoms with Gasteiger partial charge in [-0.05, 0) is 36.5 Å². The van der Waals surface area contributed by atoms with Crippen molar-refractivity contribution in [3.63, 3.8) is 0 Å². The third-order valence-corrected chi connectivity index (χ3v) is 4.97. The first-order valence-electron chi connectivity index (χ1n) is 8.85. The number of hydrogen-bond donors (Lipinski definition) is 1. The van der Waals surface area contributed by atoms with Gasteiger partial charge in [0.1, 0.15) is 0 Å². The van der Waals surface area contributed by atoms with E-state index in [9.17, 15) is 9.59 Å². The number of carbonyl (C=O) groups excluding carboxylic acids is 2. The highest BCUT2D eigenvalue weighted by Gasteiger charge is 2.45. The summed E-state index contributed by atoms with van der Waals surface area (Å²) in [4.78, 5) is 24.7. The number of benzene rings is 2. The van der Waals surface area contributed by atoms with Crippen LogP contribution in [0, 0.1) is 5.92 Å². The van der Waals surface area contributed by atoms with Gasteiger partial charge in [0.25, 0.3) is 0 Å². The van der Waals surface area contributed by atoms with Gasteiger partial charge in [-0.1, -0.05) is 60.1 Å². The van der Waals surface area contributed by atoms with Crippen molar-refractivity contribution < 1.29 is 14.3 Å². The predicted octanol–water partition coefficient (Wildman–Crippen LogP) is 4.25. The number of hydrogen-bond acceptors (Lipinski definition) is 3. The molecule has 3 unspecified atom stereocenters. The van der Waals surface area contributed by atoms with Crippen LogP contribution in [-0.2, 0) is 14.3 Å². The average molecular weight is 372 g/mol. The van der Waals surface area contributed by atoms with Crippen LogP contribution in [0.15, 0.2) is 54.6 Å². The Kier molecular flexibility index (Phi) is 5.94. The summed E-state index contributed by atoms with van der Waals surface area (Å²) in [5.74, 6) is -0.334. The van der Waals surface area contributed by atoms with Crippen molar-refractivity contribution in [1.82, 2.24) is 5.32 Å². The number of carbonyl (C=O) groups is 2. The zero-order valence-electron chi connectivity index (χ0n) is 14.7. The lowest BCUT2D eigenvalue weighted by Crippen LogP contribution is -2.32. The van der Waals surface area contributed by atoms with Gasteiger partial charge in [0, 0.05) is 10.9 Å². The molecule has 2 aromatic carbocycles. The van der Waals surface area contributed by atoms with Crippen molar-refractivity contribution in [2.75, 3.05) is 6.61 Å². The van der Waals surface area contributed by atoms with Crippen LogP contribution in [0.25, 0.3) is 0 Å². The number of ether oxygens (including phenoxy) is 1. The first-order chi connectivity index (χ1) is 12.6. The fraction of sp³-hybridized carbons (Fsp3) is 0.333. The molecule has 1 aliphatic rings. The van der Waals surface area contributed by atoms with E-state index in [2.05, 4.69) is 5.32 Å². The van der Waals surface area contributed by atoms with Gasteiger partial charge in [-0.25, -0.2) is 0 Å². The van der Waals surface area contributed by atoms with Crippen molar-refractivity contribution in [3.05, 3.63) is 70.7 Å². The molecule has 1 N–H and O–H groups in total. The van der Waals surface area contributed by atoms with Gasteiger partial charge >= 0.3 is 5.97 Å². The lowest BCUT2D eigenvalue weighted by Gasteiger charge is -2.18. The molecule has 5 heteroatoms. The van der Waals surface area contributed by atoms with Gasteiger partial charge in [0.05, 0.1) is 19.1 Å². The van der Waals surface area contributed by atoms with E-state index >= 15 is 0 Å². The van der Waals surface area contributed by atoms with Gasteiger partial charge < -0.3 is 10.1 Å². The van der Waals surface area contributed by atoms with Crippen LogP contribution in [0.1, 0.15) is 42.9 Å². The Morgan fingerprint density at radius 2 is 1.85 bits per heavy atom. The number of nitrogens with one attached hydrogen (secondary N) is 1. The first-order valence-corrected chi connectivity index (χ1v) is 9.23. The Bertz CT molecular complexity index is 778. The topological polar surface area (TPSA) is 55.4 Å². The van der Waals surface area contributed by atoms with Crippen molar-refractivity contribution in [1.29, 1.82) is 0 Å². The van der Waals surface area contributed by atoms with Gasteiger partial charge in [-0.3, -0.25) is 9.59 Å². The van der Waals surface area contributed by atoms with Crippen LogP contribution in [0.5, 0.6) is 0 Å². The molecule has 1 aliphatic carbocycles. The van der Waals surface area contributed by atoms with Crippen molar-refractivity contribution in [2.24, 2.45) is 5.92 Å². The zero-order chi connectivity index (χ0) is 18.5. The molecule has 0 saturated heterocycles. The molecule has 0 aliphatic heterocycles. The SMILES string of the molecule is CCOC(=O)CC(NC(=O)C1CC1c1ccccc1Cl)c1ccccc1. The van der Waals surface area contributed by atoms with E-state index in [1.54, 1.807) is 6.92 Å². The molecule has 0 bridgehead atoms. The predicted molar refractivity (Wildman–Crippen MR) is 101 cm³/mol. The summed E-state index contributed by atoms with van der Waals surface area (Å²) in [5.41, 5.74) is 1.90. The van der Waals surface area contributed by atoms with Crippen LogP contribution < -0.4 is 5.32 Å². The largest absolute Gasteiger partial charge is 0.466 e. The Labute approximate surface area is 158 Å². The summed E-state index contributed by atoms with van der Waals surface area (Å²) in [6.45, 7) is 2.10. The molecule has 1 saturated carbocycles. The first kappa shape index (κ1) is 18.5. The van der Waals surface area contributed by atoms with Gasteiger partial charge in [-0.15, -0.1) is 0 Å². The zero-order valence-corrected chi connectivity index (χ0v) is 15.4. The van der Waals surface area contributed by atoms with Crippen LogP contribution in [0.2, 0.25) is 5.02 Å². The molecule has 136 valence electrons. The number of amides is 1. The Morgan fingerprint density at radius 1 is 1.15 bits per heavy atom. The van der Waals surface area contributed by atoms with Crippen LogP contribution in [-0.4, -0.2) is 18.5 Å². The van der Waals surface area contributed by atoms with E-state index in [1.165, 1.54) is 0 Å². The van der Waals surface area contributed by atoms with E-state index in [0.29, 0.717) is 11.6 Å². The highest BCUT2D eigenvalue weighted by atomic mass is 35.5. The van der Waals surface area contributed by atoms with Crippen molar-refractivity contribution in [3.8, 4) is 0 Å². The second-order valence-corrected chi connectivity index (χ2v) is 6.86. The van der Waals surface area contributed by atoms with E-state index in [1.807, 2.05) is 54.6 Å². The van der Waals surface area contributed by atoms with Crippen LogP contribution in [0.4, 0.5) is 0 Å². The maximum absolute atomic E-state index is 12.7. The third-order valence-electron chi connectivity index (χ3n) is 4.63. The smallest absolute Gasteiger partial charge is 0.308 e.